The van der Waals surface area contributed by atoms with Crippen molar-refractivity contribution in [2.24, 2.45) is 5.73 Å². The summed E-state index contributed by atoms with van der Waals surface area (Å²) in [7, 11) is 1.62. The van der Waals surface area contributed by atoms with E-state index in [0.717, 1.165) is 26.6 Å². The molecule has 1 heterocycles. The van der Waals surface area contributed by atoms with E-state index in [9.17, 15) is 0 Å². The standard InChI is InChI=1S/C15H16Br2N2O2/c1-20-14-7-10(4-5-18)6-13(17)15(14)21-9-12-3-2-11(16)8-19-12/h2-3,6-8H,4-5,9,18H2,1H3. The second-order valence-corrected chi connectivity index (χ2v) is 6.17. The highest BCUT2D eigenvalue weighted by Crippen LogP contribution is 2.37. The van der Waals surface area contributed by atoms with Gasteiger partial charge in [0.15, 0.2) is 11.5 Å². The van der Waals surface area contributed by atoms with Gasteiger partial charge in [-0.2, -0.15) is 0 Å². The summed E-state index contributed by atoms with van der Waals surface area (Å²) in [6.07, 6.45) is 2.54. The van der Waals surface area contributed by atoms with Gasteiger partial charge in [0.2, 0.25) is 0 Å². The van der Waals surface area contributed by atoms with Crippen LogP contribution in [0.25, 0.3) is 0 Å². The zero-order valence-corrected chi connectivity index (χ0v) is 14.8. The molecular weight excluding hydrogens is 400 g/mol. The molecule has 0 fully saturated rings. The maximum Gasteiger partial charge on any atom is 0.175 e. The van der Waals surface area contributed by atoms with Gasteiger partial charge in [-0.1, -0.05) is 0 Å². The minimum absolute atomic E-state index is 0.373. The number of pyridine rings is 1. The molecule has 0 saturated carbocycles. The zero-order valence-electron chi connectivity index (χ0n) is 11.6. The van der Waals surface area contributed by atoms with E-state index in [1.54, 1.807) is 13.3 Å². The number of rotatable bonds is 6. The third kappa shape index (κ3) is 4.43. The van der Waals surface area contributed by atoms with Crippen molar-refractivity contribution >= 4 is 31.9 Å². The summed E-state index contributed by atoms with van der Waals surface area (Å²) in [6.45, 7) is 0.969. The Morgan fingerprint density at radius 1 is 1.24 bits per heavy atom. The number of benzene rings is 1. The molecule has 21 heavy (non-hydrogen) atoms. The van der Waals surface area contributed by atoms with E-state index in [0.29, 0.717) is 24.7 Å². The zero-order chi connectivity index (χ0) is 15.2. The fraction of sp³-hybridized carbons (Fsp3) is 0.267. The van der Waals surface area contributed by atoms with Gasteiger partial charge in [0.25, 0.3) is 0 Å². The fourth-order valence-electron chi connectivity index (χ4n) is 1.86. The van der Waals surface area contributed by atoms with Gasteiger partial charge in [0.05, 0.1) is 17.3 Å². The molecule has 2 rings (SSSR count). The second kappa shape index (κ2) is 7.77. The van der Waals surface area contributed by atoms with E-state index in [2.05, 4.69) is 36.8 Å². The van der Waals surface area contributed by atoms with Gasteiger partial charge in [-0.25, -0.2) is 0 Å². The molecule has 0 amide bonds. The van der Waals surface area contributed by atoms with Crippen LogP contribution in [0.1, 0.15) is 11.3 Å². The molecule has 0 bridgehead atoms. The summed E-state index contributed by atoms with van der Waals surface area (Å²) in [6, 6.07) is 7.79. The first kappa shape index (κ1) is 16.3. The van der Waals surface area contributed by atoms with E-state index in [4.69, 9.17) is 15.2 Å². The van der Waals surface area contributed by atoms with E-state index in [-0.39, 0.29) is 0 Å². The minimum atomic E-state index is 0.373. The lowest BCUT2D eigenvalue weighted by molar-refractivity contribution is 0.278. The number of halogens is 2. The number of nitrogens with zero attached hydrogens (tertiary/aromatic N) is 1. The largest absolute Gasteiger partial charge is 0.493 e. The van der Waals surface area contributed by atoms with Crippen LogP contribution in [-0.4, -0.2) is 18.6 Å². The Bertz CT molecular complexity index is 603. The Morgan fingerprint density at radius 2 is 2.05 bits per heavy atom. The van der Waals surface area contributed by atoms with E-state index in [1.165, 1.54) is 0 Å². The van der Waals surface area contributed by atoms with Crippen molar-refractivity contribution in [1.82, 2.24) is 4.98 Å². The van der Waals surface area contributed by atoms with Crippen molar-refractivity contribution in [3.8, 4) is 11.5 Å². The Kier molecular flexibility index (Phi) is 6.02. The topological polar surface area (TPSA) is 57.4 Å². The lowest BCUT2D eigenvalue weighted by Crippen LogP contribution is -2.04. The van der Waals surface area contributed by atoms with Crippen LogP contribution in [0.3, 0.4) is 0 Å². The molecule has 0 unspecified atom stereocenters. The predicted octanol–water partition coefficient (Wildman–Crippen LogP) is 3.70. The summed E-state index contributed by atoms with van der Waals surface area (Å²) in [5.74, 6) is 1.35. The van der Waals surface area contributed by atoms with Crippen molar-refractivity contribution in [3.63, 3.8) is 0 Å². The SMILES string of the molecule is COc1cc(CCN)cc(Br)c1OCc1ccc(Br)cn1. The molecule has 0 atom stereocenters. The summed E-state index contributed by atoms with van der Waals surface area (Å²) in [4.78, 5) is 4.28. The molecule has 1 aromatic carbocycles. The van der Waals surface area contributed by atoms with Crippen molar-refractivity contribution in [2.45, 2.75) is 13.0 Å². The van der Waals surface area contributed by atoms with Gasteiger partial charge < -0.3 is 15.2 Å². The van der Waals surface area contributed by atoms with Crippen LogP contribution in [0.15, 0.2) is 39.4 Å². The molecule has 1 aromatic heterocycles. The first-order valence-electron chi connectivity index (χ1n) is 6.43. The Morgan fingerprint density at radius 3 is 2.67 bits per heavy atom. The number of hydrogen-bond acceptors (Lipinski definition) is 4. The number of ether oxygens (including phenoxy) is 2. The van der Waals surface area contributed by atoms with Crippen LogP contribution in [0.5, 0.6) is 11.5 Å². The summed E-state index contributed by atoms with van der Waals surface area (Å²) in [5, 5.41) is 0. The molecule has 0 aliphatic rings. The summed E-state index contributed by atoms with van der Waals surface area (Å²) < 4.78 is 13.0. The highest BCUT2D eigenvalue weighted by Gasteiger charge is 2.12. The Labute approximate surface area is 140 Å². The molecule has 4 nitrogen and oxygen atoms in total. The van der Waals surface area contributed by atoms with Gasteiger partial charge in [-0.15, -0.1) is 0 Å². The van der Waals surface area contributed by atoms with Gasteiger partial charge in [-0.05, 0) is 74.7 Å². The summed E-state index contributed by atoms with van der Waals surface area (Å²) in [5.41, 5.74) is 7.54. The number of nitrogens with two attached hydrogens (primary N) is 1. The quantitative estimate of drug-likeness (QED) is 0.781. The van der Waals surface area contributed by atoms with Crippen molar-refractivity contribution in [3.05, 3.63) is 50.7 Å². The number of aromatic nitrogens is 1. The first-order chi connectivity index (χ1) is 10.1. The normalized spacial score (nSPS) is 10.5. The predicted molar refractivity (Wildman–Crippen MR) is 89.7 cm³/mol. The first-order valence-corrected chi connectivity index (χ1v) is 8.02. The monoisotopic (exact) mass is 414 g/mol. The molecule has 0 radical (unpaired) electrons. The third-order valence-electron chi connectivity index (χ3n) is 2.88. The van der Waals surface area contributed by atoms with Crippen LogP contribution in [0.4, 0.5) is 0 Å². The average Bonchev–Trinajstić information content (AvgIpc) is 2.47. The molecule has 0 aliphatic heterocycles. The maximum atomic E-state index is 5.84. The molecule has 0 spiro atoms. The second-order valence-electron chi connectivity index (χ2n) is 4.40. The van der Waals surface area contributed by atoms with Crippen molar-refractivity contribution < 1.29 is 9.47 Å². The smallest absolute Gasteiger partial charge is 0.175 e. The Hall–Kier alpha value is -1.11. The average molecular weight is 416 g/mol. The number of hydrogen-bond donors (Lipinski definition) is 1. The van der Waals surface area contributed by atoms with Crippen molar-refractivity contribution in [1.29, 1.82) is 0 Å². The highest BCUT2D eigenvalue weighted by atomic mass is 79.9. The molecule has 0 aliphatic carbocycles. The lowest BCUT2D eigenvalue weighted by atomic mass is 10.1. The van der Waals surface area contributed by atoms with Gasteiger partial charge >= 0.3 is 0 Å². The van der Waals surface area contributed by atoms with Gasteiger partial charge in [0.1, 0.15) is 6.61 Å². The fourth-order valence-corrected chi connectivity index (χ4v) is 2.70. The maximum absolute atomic E-state index is 5.84. The molecule has 6 heteroatoms. The van der Waals surface area contributed by atoms with Crippen molar-refractivity contribution in [2.75, 3.05) is 13.7 Å². The molecule has 112 valence electrons. The molecular formula is C15H16Br2N2O2. The number of methoxy groups -OCH3 is 1. The summed E-state index contributed by atoms with van der Waals surface area (Å²) >= 11 is 6.88. The van der Waals surface area contributed by atoms with E-state index >= 15 is 0 Å². The third-order valence-corrected chi connectivity index (χ3v) is 3.93. The van der Waals surface area contributed by atoms with Crippen LogP contribution in [0, 0.1) is 0 Å². The van der Waals surface area contributed by atoms with Crippen LogP contribution in [0.2, 0.25) is 0 Å². The molecule has 0 saturated heterocycles. The van der Waals surface area contributed by atoms with Crippen LogP contribution >= 0.6 is 31.9 Å². The van der Waals surface area contributed by atoms with Crippen LogP contribution in [-0.2, 0) is 13.0 Å². The van der Waals surface area contributed by atoms with E-state index < -0.39 is 0 Å². The lowest BCUT2D eigenvalue weighted by Gasteiger charge is -2.14. The Balaban J connectivity index is 2.16. The molecule has 2 N–H and O–H groups in total. The highest BCUT2D eigenvalue weighted by molar-refractivity contribution is 9.10. The van der Waals surface area contributed by atoms with Gasteiger partial charge in [0, 0.05) is 10.7 Å². The minimum Gasteiger partial charge on any atom is -0.493 e. The van der Waals surface area contributed by atoms with Gasteiger partial charge in [-0.3, -0.25) is 4.98 Å². The molecule has 2 aromatic rings. The van der Waals surface area contributed by atoms with E-state index in [1.807, 2.05) is 24.3 Å². The van der Waals surface area contributed by atoms with Crippen LogP contribution < -0.4 is 15.2 Å².